The number of anilines is 1. The zero-order valence-corrected chi connectivity index (χ0v) is 10.1. The summed E-state index contributed by atoms with van der Waals surface area (Å²) in [5.74, 6) is -0.219. The molecule has 2 heterocycles. The molecule has 0 bridgehead atoms. The second-order valence-corrected chi connectivity index (χ2v) is 4.36. The Kier molecular flexibility index (Phi) is 2.75. The summed E-state index contributed by atoms with van der Waals surface area (Å²) in [6.07, 6.45) is 3.60. The first-order valence-electron chi connectivity index (χ1n) is 5.90. The highest BCUT2D eigenvalue weighted by Gasteiger charge is 2.18. The van der Waals surface area contributed by atoms with Gasteiger partial charge >= 0.3 is 0 Å². The first kappa shape index (κ1) is 11.5. The fourth-order valence-corrected chi connectivity index (χ4v) is 2.01. The summed E-state index contributed by atoms with van der Waals surface area (Å²) in [7, 11) is 0. The minimum atomic E-state index is -0.182. The molecule has 3 rings (SSSR count). The molecule has 0 saturated heterocycles. The maximum absolute atomic E-state index is 12.0. The van der Waals surface area contributed by atoms with Gasteiger partial charge in [-0.1, -0.05) is 6.07 Å². The number of rotatable bonds is 3. The lowest BCUT2D eigenvalue weighted by Crippen LogP contribution is -2.23. The van der Waals surface area contributed by atoms with E-state index in [1.807, 2.05) is 0 Å². The van der Waals surface area contributed by atoms with Crippen LogP contribution in [0.4, 0.5) is 5.69 Å². The first-order valence-corrected chi connectivity index (χ1v) is 5.90. The second kappa shape index (κ2) is 4.56. The number of H-pyrrole nitrogens is 1. The van der Waals surface area contributed by atoms with Crippen LogP contribution in [0.1, 0.15) is 21.6 Å². The van der Waals surface area contributed by atoms with Gasteiger partial charge in [-0.15, -0.1) is 0 Å². The Hall–Kier alpha value is -2.63. The van der Waals surface area contributed by atoms with Gasteiger partial charge in [0, 0.05) is 17.4 Å². The third-order valence-electron chi connectivity index (χ3n) is 2.99. The van der Waals surface area contributed by atoms with Crippen LogP contribution in [-0.2, 0) is 17.8 Å². The summed E-state index contributed by atoms with van der Waals surface area (Å²) >= 11 is 0. The van der Waals surface area contributed by atoms with Gasteiger partial charge in [-0.05, 0) is 17.7 Å². The molecule has 3 N–H and O–H groups in total. The summed E-state index contributed by atoms with van der Waals surface area (Å²) in [6.45, 7) is 0.391. The molecule has 6 nitrogen and oxygen atoms in total. The number of hydrogen-bond acceptors (Lipinski definition) is 3. The topological polar surface area (TPSA) is 86.9 Å². The van der Waals surface area contributed by atoms with Crippen LogP contribution in [0.15, 0.2) is 30.7 Å². The zero-order valence-electron chi connectivity index (χ0n) is 10.1. The van der Waals surface area contributed by atoms with Crippen LogP contribution in [0.3, 0.4) is 0 Å². The molecule has 0 radical (unpaired) electrons. The SMILES string of the molecule is O=C1Cc2ccc(C(=O)NCc3cnc[nH]3)cc2N1. The van der Waals surface area contributed by atoms with Gasteiger partial charge in [-0.25, -0.2) is 4.98 Å². The van der Waals surface area contributed by atoms with Crippen molar-refractivity contribution >= 4 is 17.5 Å². The van der Waals surface area contributed by atoms with Crippen LogP contribution in [0, 0.1) is 0 Å². The average Bonchev–Trinajstić information content (AvgIpc) is 3.02. The van der Waals surface area contributed by atoms with E-state index in [0.717, 1.165) is 16.9 Å². The lowest BCUT2D eigenvalue weighted by Gasteiger charge is -2.05. The van der Waals surface area contributed by atoms with Crippen LogP contribution in [0.25, 0.3) is 0 Å². The van der Waals surface area contributed by atoms with E-state index in [4.69, 9.17) is 0 Å². The number of hydrogen-bond donors (Lipinski definition) is 3. The standard InChI is InChI=1S/C13H12N4O2/c18-12-4-8-1-2-9(3-11(8)17-12)13(19)15-6-10-5-14-7-16-10/h1-3,5,7H,4,6H2,(H,14,16)(H,15,19)(H,17,18). The van der Waals surface area contributed by atoms with Gasteiger partial charge in [0.15, 0.2) is 0 Å². The maximum atomic E-state index is 12.0. The van der Waals surface area contributed by atoms with E-state index in [1.54, 1.807) is 30.7 Å². The number of aromatic nitrogens is 2. The molecule has 0 fully saturated rings. The highest BCUT2D eigenvalue weighted by Crippen LogP contribution is 2.23. The van der Waals surface area contributed by atoms with E-state index in [0.29, 0.717) is 18.5 Å². The molecule has 1 aliphatic rings. The zero-order chi connectivity index (χ0) is 13.2. The fourth-order valence-electron chi connectivity index (χ4n) is 2.01. The molecule has 1 aliphatic heterocycles. The summed E-state index contributed by atoms with van der Waals surface area (Å²) in [5.41, 5.74) is 3.01. The van der Waals surface area contributed by atoms with Crippen molar-refractivity contribution in [2.45, 2.75) is 13.0 Å². The van der Waals surface area contributed by atoms with E-state index in [2.05, 4.69) is 20.6 Å². The Morgan fingerprint density at radius 3 is 3.11 bits per heavy atom. The molecular weight excluding hydrogens is 244 g/mol. The minimum Gasteiger partial charge on any atom is -0.347 e. The Morgan fingerprint density at radius 1 is 1.42 bits per heavy atom. The van der Waals surface area contributed by atoms with Crippen LogP contribution < -0.4 is 10.6 Å². The highest BCUT2D eigenvalue weighted by atomic mass is 16.2. The molecule has 19 heavy (non-hydrogen) atoms. The van der Waals surface area contributed by atoms with Crippen LogP contribution in [0.5, 0.6) is 0 Å². The Morgan fingerprint density at radius 2 is 2.32 bits per heavy atom. The van der Waals surface area contributed by atoms with Crippen LogP contribution in [-0.4, -0.2) is 21.8 Å². The molecular formula is C13H12N4O2. The molecule has 6 heteroatoms. The van der Waals surface area contributed by atoms with Crippen LogP contribution in [0.2, 0.25) is 0 Å². The molecule has 96 valence electrons. The first-order chi connectivity index (χ1) is 9.22. The number of nitrogens with one attached hydrogen (secondary N) is 3. The Balaban J connectivity index is 1.70. The smallest absolute Gasteiger partial charge is 0.251 e. The molecule has 1 aromatic heterocycles. The lowest BCUT2D eigenvalue weighted by atomic mass is 10.1. The molecule has 0 saturated carbocycles. The quantitative estimate of drug-likeness (QED) is 0.760. The summed E-state index contributed by atoms with van der Waals surface area (Å²) in [6, 6.07) is 5.22. The Bertz CT molecular complexity index is 634. The number of aromatic amines is 1. The number of carbonyl (C=O) groups is 2. The monoisotopic (exact) mass is 256 g/mol. The predicted octanol–water partition coefficient (Wildman–Crippen LogP) is 0.834. The highest BCUT2D eigenvalue weighted by molar-refractivity contribution is 6.02. The molecule has 0 aliphatic carbocycles. The second-order valence-electron chi connectivity index (χ2n) is 4.36. The number of nitrogens with zero attached hydrogens (tertiary/aromatic N) is 1. The van der Waals surface area contributed by atoms with E-state index in [1.165, 1.54) is 0 Å². The summed E-state index contributed by atoms with van der Waals surface area (Å²) in [5, 5.41) is 5.51. The van der Waals surface area contributed by atoms with E-state index in [9.17, 15) is 9.59 Å². The lowest BCUT2D eigenvalue weighted by molar-refractivity contribution is -0.115. The largest absolute Gasteiger partial charge is 0.347 e. The van der Waals surface area contributed by atoms with Crippen molar-refractivity contribution in [2.24, 2.45) is 0 Å². The van der Waals surface area contributed by atoms with Gasteiger partial charge in [-0.3, -0.25) is 9.59 Å². The number of carbonyl (C=O) groups excluding carboxylic acids is 2. The van der Waals surface area contributed by atoms with Gasteiger partial charge in [0.05, 0.1) is 25.0 Å². The van der Waals surface area contributed by atoms with E-state index < -0.39 is 0 Å². The Labute approximate surface area is 109 Å². The summed E-state index contributed by atoms with van der Waals surface area (Å²) < 4.78 is 0. The van der Waals surface area contributed by atoms with Crippen molar-refractivity contribution in [2.75, 3.05) is 5.32 Å². The van der Waals surface area contributed by atoms with Gasteiger partial charge in [0.25, 0.3) is 5.91 Å². The van der Waals surface area contributed by atoms with Crippen molar-refractivity contribution in [1.29, 1.82) is 0 Å². The number of imidazole rings is 1. The van der Waals surface area contributed by atoms with E-state index in [-0.39, 0.29) is 11.8 Å². The molecule has 0 unspecified atom stereocenters. The number of fused-ring (bicyclic) bond motifs is 1. The minimum absolute atomic E-state index is 0.0370. The van der Waals surface area contributed by atoms with Crippen molar-refractivity contribution in [1.82, 2.24) is 15.3 Å². The third-order valence-corrected chi connectivity index (χ3v) is 2.99. The summed E-state index contributed by atoms with van der Waals surface area (Å²) in [4.78, 5) is 30.0. The number of amides is 2. The molecule has 1 aromatic carbocycles. The van der Waals surface area contributed by atoms with Gasteiger partial charge in [0.2, 0.25) is 5.91 Å². The third kappa shape index (κ3) is 2.33. The van der Waals surface area contributed by atoms with Crippen LogP contribution >= 0.6 is 0 Å². The predicted molar refractivity (Wildman–Crippen MR) is 68.5 cm³/mol. The normalized spacial score (nSPS) is 12.9. The fraction of sp³-hybridized carbons (Fsp3) is 0.154. The van der Waals surface area contributed by atoms with Gasteiger partial charge < -0.3 is 15.6 Å². The molecule has 0 atom stereocenters. The van der Waals surface area contributed by atoms with Crippen molar-refractivity contribution in [3.8, 4) is 0 Å². The van der Waals surface area contributed by atoms with E-state index >= 15 is 0 Å². The number of benzene rings is 1. The van der Waals surface area contributed by atoms with Crippen molar-refractivity contribution < 1.29 is 9.59 Å². The molecule has 2 aromatic rings. The van der Waals surface area contributed by atoms with Crippen molar-refractivity contribution in [3.05, 3.63) is 47.5 Å². The van der Waals surface area contributed by atoms with Crippen molar-refractivity contribution in [3.63, 3.8) is 0 Å². The average molecular weight is 256 g/mol. The van der Waals surface area contributed by atoms with Gasteiger partial charge in [-0.2, -0.15) is 0 Å². The van der Waals surface area contributed by atoms with Gasteiger partial charge in [0.1, 0.15) is 0 Å². The molecule has 0 spiro atoms. The molecule has 2 amide bonds. The maximum Gasteiger partial charge on any atom is 0.251 e.